The minimum atomic E-state index is 0. The highest BCUT2D eigenvalue weighted by Crippen LogP contribution is 2.33. The molecule has 25 heavy (non-hydrogen) atoms. The van der Waals surface area contributed by atoms with Gasteiger partial charge in [-0.25, -0.2) is 0 Å². The molecule has 4 heteroatoms. The van der Waals surface area contributed by atoms with Gasteiger partial charge < -0.3 is 22.9 Å². The van der Waals surface area contributed by atoms with E-state index in [9.17, 15) is 0 Å². The quantitative estimate of drug-likeness (QED) is 0.334. The van der Waals surface area contributed by atoms with Crippen molar-refractivity contribution >= 4 is 27.4 Å². The first-order chi connectivity index (χ1) is 11.7. The van der Waals surface area contributed by atoms with Gasteiger partial charge in [0.05, 0.1) is 17.9 Å². The molecule has 0 aliphatic carbocycles. The largest absolute Gasteiger partial charge is 1.00 e. The van der Waals surface area contributed by atoms with Crippen molar-refractivity contribution in [1.82, 2.24) is 0 Å². The van der Waals surface area contributed by atoms with E-state index in [4.69, 9.17) is 10.5 Å². The van der Waals surface area contributed by atoms with E-state index in [0.29, 0.717) is 0 Å². The average Bonchev–Trinajstić information content (AvgIpc) is 2.61. The van der Waals surface area contributed by atoms with Gasteiger partial charge in [-0.3, -0.25) is 0 Å². The summed E-state index contributed by atoms with van der Waals surface area (Å²) in [5, 5.41) is 3.59. The standard InChI is InChI=1S/C21H19N2O.ClH/c1-23-20-9-4-3-8-18(20)17-11-10-16(24-2)13-19(17)21(23)14-6-5-7-15(22)12-14;/h3-13H,22H2,1-2H3;1H/q+1;/p-1. The summed E-state index contributed by atoms with van der Waals surface area (Å²) < 4.78 is 7.68. The van der Waals surface area contributed by atoms with Gasteiger partial charge in [0.1, 0.15) is 12.8 Å². The van der Waals surface area contributed by atoms with Crippen LogP contribution < -0.4 is 27.4 Å². The van der Waals surface area contributed by atoms with Crippen LogP contribution in [0.25, 0.3) is 32.9 Å². The molecule has 126 valence electrons. The molecule has 2 N–H and O–H groups in total. The number of halogens is 1. The number of anilines is 1. The third-order valence-corrected chi connectivity index (χ3v) is 4.53. The molecule has 0 unspecified atom stereocenters. The molecular weight excluding hydrogens is 332 g/mol. The van der Waals surface area contributed by atoms with Gasteiger partial charge in [0.2, 0.25) is 11.2 Å². The maximum absolute atomic E-state index is 6.02. The maximum atomic E-state index is 6.02. The Morgan fingerprint density at radius 2 is 1.64 bits per heavy atom. The van der Waals surface area contributed by atoms with Crippen molar-refractivity contribution in [3.8, 4) is 17.0 Å². The van der Waals surface area contributed by atoms with Gasteiger partial charge in [0.25, 0.3) is 0 Å². The van der Waals surface area contributed by atoms with Crippen molar-refractivity contribution in [2.75, 3.05) is 12.8 Å². The molecule has 0 saturated carbocycles. The number of para-hydroxylation sites is 1. The first-order valence-corrected chi connectivity index (χ1v) is 7.93. The number of aromatic nitrogens is 1. The number of pyridine rings is 1. The fraction of sp³-hybridized carbons (Fsp3) is 0.0952. The van der Waals surface area contributed by atoms with Gasteiger partial charge in [-0.05, 0) is 42.5 Å². The number of nitrogens with zero attached hydrogens (tertiary/aromatic N) is 1. The van der Waals surface area contributed by atoms with Crippen LogP contribution in [0.4, 0.5) is 5.69 Å². The predicted octanol–water partition coefficient (Wildman–Crippen LogP) is 1.08. The van der Waals surface area contributed by atoms with Crippen LogP contribution in [-0.2, 0) is 7.05 Å². The van der Waals surface area contributed by atoms with Gasteiger partial charge in [-0.1, -0.05) is 18.2 Å². The minimum Gasteiger partial charge on any atom is -1.00 e. The molecule has 0 atom stereocenters. The van der Waals surface area contributed by atoms with Crippen LogP contribution in [0, 0.1) is 0 Å². The first-order valence-electron chi connectivity index (χ1n) is 7.93. The van der Waals surface area contributed by atoms with E-state index in [2.05, 4.69) is 54.1 Å². The molecule has 0 saturated heterocycles. The smallest absolute Gasteiger partial charge is 0.220 e. The Labute approximate surface area is 153 Å². The lowest BCUT2D eigenvalue weighted by atomic mass is 9.98. The Balaban J connectivity index is 0.00000182. The SMILES string of the molecule is COc1ccc2c(c1)c(-c1cccc(N)c1)[n+](C)c1ccccc21.[Cl-]. The van der Waals surface area contributed by atoms with Gasteiger partial charge >= 0.3 is 0 Å². The van der Waals surface area contributed by atoms with E-state index in [1.54, 1.807) is 7.11 Å². The summed E-state index contributed by atoms with van der Waals surface area (Å²) in [6.07, 6.45) is 0. The van der Waals surface area contributed by atoms with Crippen molar-refractivity contribution in [2.45, 2.75) is 0 Å². The maximum Gasteiger partial charge on any atom is 0.220 e. The molecule has 0 aliphatic heterocycles. The van der Waals surface area contributed by atoms with E-state index < -0.39 is 0 Å². The predicted molar refractivity (Wildman–Crippen MR) is 99.0 cm³/mol. The normalized spacial score (nSPS) is 10.6. The van der Waals surface area contributed by atoms with Gasteiger partial charge in [-0.15, -0.1) is 0 Å². The first kappa shape index (κ1) is 17.1. The van der Waals surface area contributed by atoms with Crippen LogP contribution in [0.1, 0.15) is 0 Å². The van der Waals surface area contributed by atoms with E-state index in [1.165, 1.54) is 16.3 Å². The second-order valence-corrected chi connectivity index (χ2v) is 5.96. The van der Waals surface area contributed by atoms with Crippen LogP contribution in [0.15, 0.2) is 66.7 Å². The molecule has 0 bridgehead atoms. The zero-order valence-corrected chi connectivity index (χ0v) is 14.9. The third-order valence-electron chi connectivity index (χ3n) is 4.53. The number of benzene rings is 3. The van der Waals surface area contributed by atoms with Gasteiger partial charge in [0, 0.05) is 22.7 Å². The van der Waals surface area contributed by atoms with Gasteiger partial charge in [0.15, 0.2) is 0 Å². The molecule has 0 fully saturated rings. The summed E-state index contributed by atoms with van der Waals surface area (Å²) >= 11 is 0. The number of hydrogen-bond donors (Lipinski definition) is 1. The van der Waals surface area contributed by atoms with Crippen LogP contribution in [-0.4, -0.2) is 7.11 Å². The van der Waals surface area contributed by atoms with Crippen molar-refractivity contribution in [1.29, 1.82) is 0 Å². The molecule has 0 aliphatic rings. The molecular formula is C21H19ClN2O. The number of fused-ring (bicyclic) bond motifs is 3. The molecule has 0 amide bonds. The highest BCUT2D eigenvalue weighted by atomic mass is 35.5. The topological polar surface area (TPSA) is 39.1 Å². The lowest BCUT2D eigenvalue weighted by Crippen LogP contribution is -3.00. The Hall–Kier alpha value is -2.78. The zero-order chi connectivity index (χ0) is 16.7. The number of nitrogens with two attached hydrogens (primary N) is 1. The molecule has 4 aromatic rings. The van der Waals surface area contributed by atoms with Crippen molar-refractivity contribution < 1.29 is 21.7 Å². The summed E-state index contributed by atoms with van der Waals surface area (Å²) in [5.41, 5.74) is 10.2. The number of ether oxygens (including phenoxy) is 1. The summed E-state index contributed by atoms with van der Waals surface area (Å²) in [5.74, 6) is 0.850. The molecule has 3 nitrogen and oxygen atoms in total. The van der Waals surface area contributed by atoms with Crippen molar-refractivity contribution in [2.24, 2.45) is 7.05 Å². The summed E-state index contributed by atoms with van der Waals surface area (Å²) in [6.45, 7) is 0. The highest BCUT2D eigenvalue weighted by molar-refractivity contribution is 6.09. The number of methoxy groups -OCH3 is 1. The fourth-order valence-corrected chi connectivity index (χ4v) is 3.41. The van der Waals surface area contributed by atoms with E-state index in [1.807, 2.05) is 24.3 Å². The van der Waals surface area contributed by atoms with E-state index in [-0.39, 0.29) is 12.4 Å². The molecule has 3 aromatic carbocycles. The fourth-order valence-electron chi connectivity index (χ4n) is 3.41. The summed E-state index contributed by atoms with van der Waals surface area (Å²) in [4.78, 5) is 0. The molecule has 4 rings (SSSR count). The molecule has 1 heterocycles. The van der Waals surface area contributed by atoms with Crippen LogP contribution in [0.2, 0.25) is 0 Å². The van der Waals surface area contributed by atoms with Crippen LogP contribution >= 0.6 is 0 Å². The average molecular weight is 351 g/mol. The van der Waals surface area contributed by atoms with Crippen LogP contribution in [0.3, 0.4) is 0 Å². The Kier molecular flexibility index (Phi) is 4.51. The molecule has 0 spiro atoms. The zero-order valence-electron chi connectivity index (χ0n) is 14.2. The van der Waals surface area contributed by atoms with Crippen molar-refractivity contribution in [3.05, 3.63) is 66.7 Å². The third kappa shape index (κ3) is 2.77. The minimum absolute atomic E-state index is 0. The number of aryl methyl sites for hydroxylation is 1. The molecule has 1 aromatic heterocycles. The number of rotatable bonds is 2. The van der Waals surface area contributed by atoms with E-state index >= 15 is 0 Å². The Morgan fingerprint density at radius 1 is 0.840 bits per heavy atom. The number of hydrogen-bond acceptors (Lipinski definition) is 2. The summed E-state index contributed by atoms with van der Waals surface area (Å²) in [7, 11) is 3.79. The second kappa shape index (κ2) is 6.61. The lowest BCUT2D eigenvalue weighted by molar-refractivity contribution is -0.632. The monoisotopic (exact) mass is 350 g/mol. The van der Waals surface area contributed by atoms with Crippen LogP contribution in [0.5, 0.6) is 5.75 Å². The summed E-state index contributed by atoms with van der Waals surface area (Å²) in [6, 6.07) is 22.7. The Morgan fingerprint density at radius 3 is 2.40 bits per heavy atom. The highest BCUT2D eigenvalue weighted by Gasteiger charge is 2.20. The Bertz CT molecular complexity index is 1080. The number of nitrogen functional groups attached to an aromatic ring is 1. The van der Waals surface area contributed by atoms with E-state index in [0.717, 1.165) is 28.1 Å². The van der Waals surface area contributed by atoms with Crippen molar-refractivity contribution in [3.63, 3.8) is 0 Å². The van der Waals surface area contributed by atoms with Gasteiger partial charge in [-0.2, -0.15) is 4.57 Å². The molecule has 0 radical (unpaired) electrons. The second-order valence-electron chi connectivity index (χ2n) is 5.96. The lowest BCUT2D eigenvalue weighted by Gasteiger charge is -2.11.